The van der Waals surface area contributed by atoms with E-state index in [9.17, 15) is 18.0 Å². The molecule has 0 saturated heterocycles. The number of benzene rings is 3. The van der Waals surface area contributed by atoms with Crippen LogP contribution in [0.15, 0.2) is 82.6 Å². The summed E-state index contributed by atoms with van der Waals surface area (Å²) in [6.45, 7) is 3.52. The van der Waals surface area contributed by atoms with Crippen LogP contribution >= 0.6 is 11.8 Å². The van der Waals surface area contributed by atoms with Crippen molar-refractivity contribution in [1.82, 2.24) is 0 Å². The Morgan fingerprint density at radius 2 is 1.53 bits per heavy atom. The summed E-state index contributed by atoms with van der Waals surface area (Å²) in [6, 6.07) is 19.7. The third kappa shape index (κ3) is 5.38. The fourth-order valence-corrected chi connectivity index (χ4v) is 4.59. The smallest absolute Gasteiger partial charge is 0.261 e. The van der Waals surface area contributed by atoms with Crippen LogP contribution in [0, 0.1) is 5.92 Å². The zero-order valence-corrected chi connectivity index (χ0v) is 19.6. The predicted molar refractivity (Wildman–Crippen MR) is 129 cm³/mol. The first-order chi connectivity index (χ1) is 15.2. The van der Waals surface area contributed by atoms with Gasteiger partial charge in [-0.3, -0.25) is 14.3 Å². The second-order valence-electron chi connectivity index (χ2n) is 7.35. The molecule has 0 aliphatic rings. The van der Waals surface area contributed by atoms with Gasteiger partial charge in [0.1, 0.15) is 0 Å². The number of carbonyl (C=O) groups excluding carboxylic acids is 2. The molecule has 166 valence electrons. The second-order valence-corrected chi connectivity index (χ2v) is 9.88. The molecule has 32 heavy (non-hydrogen) atoms. The molecular formula is C24H24N2O4S2. The maximum atomic E-state index is 13.1. The van der Waals surface area contributed by atoms with Crippen molar-refractivity contribution >= 4 is 44.9 Å². The molecule has 0 bridgehead atoms. The van der Waals surface area contributed by atoms with Gasteiger partial charge < -0.3 is 5.32 Å². The average molecular weight is 469 g/mol. The number of para-hydroxylation sites is 1. The number of ketones is 1. The standard InChI is InChI=1S/C24H24N2O4S2/c1-16(2)24(28)25-21-15-18(13-14-22(21)31-3)32(29,30)26-20-12-8-7-11-19(20)23(27)17-9-5-4-6-10-17/h4-16,26H,1-3H3,(H,25,28). The molecule has 0 aromatic heterocycles. The fraction of sp³-hybridized carbons (Fsp3) is 0.167. The molecule has 2 N–H and O–H groups in total. The van der Waals surface area contributed by atoms with Gasteiger partial charge in [0.2, 0.25) is 5.91 Å². The summed E-state index contributed by atoms with van der Waals surface area (Å²) in [5, 5.41) is 2.78. The topological polar surface area (TPSA) is 92.3 Å². The van der Waals surface area contributed by atoms with E-state index in [2.05, 4.69) is 10.0 Å². The lowest BCUT2D eigenvalue weighted by Crippen LogP contribution is -2.19. The molecule has 0 radical (unpaired) electrons. The van der Waals surface area contributed by atoms with Crippen LogP contribution in [0.4, 0.5) is 11.4 Å². The summed E-state index contributed by atoms with van der Waals surface area (Å²) in [7, 11) is -4.02. The molecule has 1 amide bonds. The first-order valence-corrected chi connectivity index (χ1v) is 12.6. The minimum Gasteiger partial charge on any atom is -0.325 e. The van der Waals surface area contributed by atoms with Gasteiger partial charge in [-0.1, -0.05) is 56.3 Å². The summed E-state index contributed by atoms with van der Waals surface area (Å²) in [6.07, 6.45) is 1.85. The Morgan fingerprint density at radius 1 is 0.875 bits per heavy atom. The van der Waals surface area contributed by atoms with Gasteiger partial charge in [0.15, 0.2) is 5.78 Å². The molecule has 0 spiro atoms. The summed E-state index contributed by atoms with van der Waals surface area (Å²) >= 11 is 1.40. The minimum atomic E-state index is -4.02. The Balaban J connectivity index is 1.95. The highest BCUT2D eigenvalue weighted by Gasteiger charge is 2.21. The number of anilines is 2. The minimum absolute atomic E-state index is 0.0173. The molecule has 0 saturated carbocycles. The third-order valence-electron chi connectivity index (χ3n) is 4.72. The van der Waals surface area contributed by atoms with Gasteiger partial charge in [-0.25, -0.2) is 8.42 Å². The van der Waals surface area contributed by atoms with Crippen LogP contribution in [0.2, 0.25) is 0 Å². The molecule has 3 aromatic carbocycles. The van der Waals surface area contributed by atoms with Gasteiger partial charge in [-0.15, -0.1) is 11.8 Å². The Bertz CT molecular complexity index is 1240. The van der Waals surface area contributed by atoms with Crippen LogP contribution in [0.1, 0.15) is 29.8 Å². The third-order valence-corrected chi connectivity index (χ3v) is 6.87. The van der Waals surface area contributed by atoms with E-state index in [-0.39, 0.29) is 33.8 Å². The van der Waals surface area contributed by atoms with E-state index >= 15 is 0 Å². The maximum absolute atomic E-state index is 13.1. The van der Waals surface area contributed by atoms with Crippen molar-refractivity contribution in [3.8, 4) is 0 Å². The Kier molecular flexibility index (Phi) is 7.37. The normalized spacial score (nSPS) is 11.2. The van der Waals surface area contributed by atoms with E-state index in [0.29, 0.717) is 11.3 Å². The summed E-state index contributed by atoms with van der Waals surface area (Å²) in [4.78, 5) is 25.8. The van der Waals surface area contributed by atoms with Crippen molar-refractivity contribution < 1.29 is 18.0 Å². The van der Waals surface area contributed by atoms with Crippen LogP contribution in [0.25, 0.3) is 0 Å². The van der Waals surface area contributed by atoms with Crippen molar-refractivity contribution in [3.63, 3.8) is 0 Å². The van der Waals surface area contributed by atoms with Gasteiger partial charge in [0.05, 0.1) is 16.3 Å². The monoisotopic (exact) mass is 468 g/mol. The lowest BCUT2D eigenvalue weighted by atomic mass is 10.0. The van der Waals surface area contributed by atoms with E-state index in [0.717, 1.165) is 4.90 Å². The van der Waals surface area contributed by atoms with Crippen LogP contribution in [0.5, 0.6) is 0 Å². The number of thioether (sulfide) groups is 1. The highest BCUT2D eigenvalue weighted by Crippen LogP contribution is 2.30. The Labute approximate surface area is 192 Å². The van der Waals surface area contributed by atoms with Crippen LogP contribution in [0.3, 0.4) is 0 Å². The number of nitrogens with one attached hydrogen (secondary N) is 2. The lowest BCUT2D eigenvalue weighted by molar-refractivity contribution is -0.118. The van der Waals surface area contributed by atoms with Crippen molar-refractivity contribution in [1.29, 1.82) is 0 Å². The van der Waals surface area contributed by atoms with Gasteiger partial charge in [0.25, 0.3) is 10.0 Å². The highest BCUT2D eigenvalue weighted by atomic mass is 32.2. The van der Waals surface area contributed by atoms with Gasteiger partial charge in [-0.05, 0) is 36.6 Å². The number of hydrogen-bond acceptors (Lipinski definition) is 5. The lowest BCUT2D eigenvalue weighted by Gasteiger charge is -2.15. The van der Waals surface area contributed by atoms with Gasteiger partial charge in [-0.2, -0.15) is 0 Å². The highest BCUT2D eigenvalue weighted by molar-refractivity contribution is 7.98. The van der Waals surface area contributed by atoms with Crippen molar-refractivity contribution in [2.75, 3.05) is 16.3 Å². The molecule has 3 rings (SSSR count). The van der Waals surface area contributed by atoms with Crippen molar-refractivity contribution in [2.24, 2.45) is 5.92 Å². The van der Waals surface area contributed by atoms with E-state index < -0.39 is 10.0 Å². The van der Waals surface area contributed by atoms with Crippen molar-refractivity contribution in [3.05, 3.63) is 83.9 Å². The molecular weight excluding hydrogens is 444 g/mol. The van der Waals surface area contributed by atoms with Crippen LogP contribution in [-0.2, 0) is 14.8 Å². The fourth-order valence-electron chi connectivity index (χ4n) is 2.95. The molecule has 0 unspecified atom stereocenters. The van der Waals surface area contributed by atoms with Gasteiger partial charge in [0, 0.05) is 21.9 Å². The molecule has 0 aliphatic heterocycles. The molecule has 0 heterocycles. The van der Waals surface area contributed by atoms with Crippen molar-refractivity contribution in [2.45, 2.75) is 23.6 Å². The zero-order chi connectivity index (χ0) is 23.3. The molecule has 0 fully saturated rings. The molecule has 6 nitrogen and oxygen atoms in total. The average Bonchev–Trinajstić information content (AvgIpc) is 2.79. The van der Waals surface area contributed by atoms with Gasteiger partial charge >= 0.3 is 0 Å². The first-order valence-electron chi connectivity index (χ1n) is 9.93. The van der Waals surface area contributed by atoms with E-state index in [1.54, 1.807) is 74.5 Å². The predicted octanol–water partition coefficient (Wildman–Crippen LogP) is 5.03. The Morgan fingerprint density at radius 3 is 2.19 bits per heavy atom. The SMILES string of the molecule is CSc1ccc(S(=O)(=O)Nc2ccccc2C(=O)c2ccccc2)cc1NC(=O)C(C)C. The summed E-state index contributed by atoms with van der Waals surface area (Å²) in [5.41, 5.74) is 1.31. The van der Waals surface area contributed by atoms with E-state index in [1.165, 1.54) is 23.9 Å². The number of hydrogen-bond donors (Lipinski definition) is 2. The van der Waals surface area contributed by atoms with E-state index in [4.69, 9.17) is 0 Å². The quantitative estimate of drug-likeness (QED) is 0.357. The van der Waals surface area contributed by atoms with Crippen LogP contribution in [-0.4, -0.2) is 26.4 Å². The maximum Gasteiger partial charge on any atom is 0.261 e. The largest absolute Gasteiger partial charge is 0.325 e. The summed E-state index contributed by atoms with van der Waals surface area (Å²) in [5.74, 6) is -0.743. The second kappa shape index (κ2) is 10.0. The number of rotatable bonds is 8. The molecule has 0 aliphatic carbocycles. The number of amides is 1. The molecule has 0 atom stereocenters. The summed E-state index contributed by atoms with van der Waals surface area (Å²) < 4.78 is 28.8. The Hall–Kier alpha value is -3.10. The van der Waals surface area contributed by atoms with E-state index in [1.807, 2.05) is 6.26 Å². The zero-order valence-electron chi connectivity index (χ0n) is 18.0. The first kappa shape index (κ1) is 23.6. The molecule has 8 heteroatoms. The van der Waals surface area contributed by atoms with Crippen LogP contribution < -0.4 is 10.0 Å². The molecule has 3 aromatic rings. The number of carbonyl (C=O) groups is 2. The number of sulfonamides is 1.